The SMILES string of the molecule is CC(F)(F)c1cc2c(cc1C(O)CN)OCO2. The number of aliphatic hydroxyl groups excluding tert-OH is 1. The zero-order valence-corrected chi connectivity index (χ0v) is 9.24. The lowest BCUT2D eigenvalue weighted by atomic mass is 9.97. The molecule has 0 saturated carbocycles. The van der Waals surface area contributed by atoms with Crippen LogP contribution >= 0.6 is 0 Å². The van der Waals surface area contributed by atoms with Crippen molar-refractivity contribution in [2.45, 2.75) is 19.0 Å². The molecule has 6 heteroatoms. The van der Waals surface area contributed by atoms with Gasteiger partial charge in [0.25, 0.3) is 5.92 Å². The van der Waals surface area contributed by atoms with Crippen molar-refractivity contribution in [2.24, 2.45) is 5.73 Å². The van der Waals surface area contributed by atoms with Crippen LogP contribution in [0, 0.1) is 0 Å². The molecule has 3 N–H and O–H groups in total. The third-order valence-electron chi connectivity index (χ3n) is 2.60. The summed E-state index contributed by atoms with van der Waals surface area (Å²) in [7, 11) is 0. The first-order chi connectivity index (χ1) is 7.93. The minimum Gasteiger partial charge on any atom is -0.454 e. The first-order valence-corrected chi connectivity index (χ1v) is 5.13. The predicted molar refractivity (Wildman–Crippen MR) is 56.1 cm³/mol. The molecule has 1 aromatic carbocycles. The summed E-state index contributed by atoms with van der Waals surface area (Å²) >= 11 is 0. The number of aliphatic hydroxyl groups is 1. The lowest BCUT2D eigenvalue weighted by Crippen LogP contribution is -2.18. The Morgan fingerprint density at radius 3 is 2.53 bits per heavy atom. The number of alkyl halides is 2. The van der Waals surface area contributed by atoms with E-state index >= 15 is 0 Å². The quantitative estimate of drug-likeness (QED) is 0.847. The molecule has 1 aliphatic rings. The summed E-state index contributed by atoms with van der Waals surface area (Å²) in [6, 6.07) is 2.54. The summed E-state index contributed by atoms with van der Waals surface area (Å²) in [5, 5.41) is 9.65. The molecular formula is C11H13F2NO3. The Morgan fingerprint density at radius 2 is 2.00 bits per heavy atom. The van der Waals surface area contributed by atoms with Gasteiger partial charge in [0.1, 0.15) is 0 Å². The van der Waals surface area contributed by atoms with Gasteiger partial charge in [0.15, 0.2) is 11.5 Å². The van der Waals surface area contributed by atoms with Crippen molar-refractivity contribution >= 4 is 0 Å². The second-order valence-electron chi connectivity index (χ2n) is 3.93. The predicted octanol–water partition coefficient (Wildman–Crippen LogP) is 1.52. The second kappa shape index (κ2) is 4.12. The monoisotopic (exact) mass is 245 g/mol. The number of halogens is 2. The number of rotatable bonds is 3. The van der Waals surface area contributed by atoms with Crippen molar-refractivity contribution < 1.29 is 23.4 Å². The van der Waals surface area contributed by atoms with Gasteiger partial charge in [0, 0.05) is 19.0 Å². The molecule has 0 amide bonds. The van der Waals surface area contributed by atoms with Crippen LogP contribution in [0.25, 0.3) is 0 Å². The summed E-state index contributed by atoms with van der Waals surface area (Å²) < 4.78 is 37.0. The fourth-order valence-electron chi connectivity index (χ4n) is 1.74. The van der Waals surface area contributed by atoms with Crippen molar-refractivity contribution in [1.82, 2.24) is 0 Å². The van der Waals surface area contributed by atoms with Crippen molar-refractivity contribution in [3.63, 3.8) is 0 Å². The zero-order chi connectivity index (χ0) is 12.6. The Morgan fingerprint density at radius 1 is 1.41 bits per heavy atom. The van der Waals surface area contributed by atoms with Crippen LogP contribution in [0.2, 0.25) is 0 Å². The first-order valence-electron chi connectivity index (χ1n) is 5.13. The number of ether oxygens (including phenoxy) is 2. The van der Waals surface area contributed by atoms with Crippen LogP contribution in [-0.4, -0.2) is 18.4 Å². The van der Waals surface area contributed by atoms with Gasteiger partial charge in [-0.05, 0) is 17.7 Å². The molecule has 1 aromatic rings. The zero-order valence-electron chi connectivity index (χ0n) is 9.24. The topological polar surface area (TPSA) is 64.7 Å². The maximum Gasteiger partial charge on any atom is 0.271 e. The van der Waals surface area contributed by atoms with Crippen molar-refractivity contribution in [3.05, 3.63) is 23.3 Å². The maximum atomic E-state index is 13.4. The molecule has 17 heavy (non-hydrogen) atoms. The van der Waals surface area contributed by atoms with E-state index in [1.54, 1.807) is 0 Å². The third kappa shape index (κ3) is 2.18. The average molecular weight is 245 g/mol. The molecule has 0 aliphatic carbocycles. The van der Waals surface area contributed by atoms with Crippen LogP contribution in [0.4, 0.5) is 8.78 Å². The van der Waals surface area contributed by atoms with E-state index in [2.05, 4.69) is 0 Å². The highest BCUT2D eigenvalue weighted by Crippen LogP contribution is 2.42. The summed E-state index contributed by atoms with van der Waals surface area (Å²) in [6.07, 6.45) is -1.15. The molecule has 0 radical (unpaired) electrons. The summed E-state index contributed by atoms with van der Waals surface area (Å²) in [6.45, 7) is 0.617. The molecule has 0 spiro atoms. The molecule has 2 rings (SSSR count). The molecule has 0 aromatic heterocycles. The van der Waals surface area contributed by atoms with E-state index in [0.29, 0.717) is 5.75 Å². The number of fused-ring (bicyclic) bond motifs is 1. The van der Waals surface area contributed by atoms with E-state index in [1.807, 2.05) is 0 Å². The van der Waals surface area contributed by atoms with E-state index in [0.717, 1.165) is 6.92 Å². The fourth-order valence-corrected chi connectivity index (χ4v) is 1.74. The summed E-state index contributed by atoms with van der Waals surface area (Å²) in [4.78, 5) is 0. The molecule has 1 atom stereocenters. The Balaban J connectivity index is 2.55. The van der Waals surface area contributed by atoms with Gasteiger partial charge in [-0.15, -0.1) is 0 Å². The Labute approximate surface area is 96.9 Å². The van der Waals surface area contributed by atoms with Gasteiger partial charge >= 0.3 is 0 Å². The average Bonchev–Trinajstić information content (AvgIpc) is 2.72. The molecule has 0 bridgehead atoms. The second-order valence-corrected chi connectivity index (χ2v) is 3.93. The number of hydrogen-bond acceptors (Lipinski definition) is 4. The van der Waals surface area contributed by atoms with E-state index in [9.17, 15) is 13.9 Å². The van der Waals surface area contributed by atoms with Gasteiger partial charge in [-0.2, -0.15) is 0 Å². The summed E-state index contributed by atoms with van der Waals surface area (Å²) in [5.74, 6) is -2.47. The molecule has 1 heterocycles. The molecule has 0 saturated heterocycles. The maximum absolute atomic E-state index is 13.4. The van der Waals surface area contributed by atoms with Crippen LogP contribution in [0.15, 0.2) is 12.1 Å². The van der Waals surface area contributed by atoms with Crippen molar-refractivity contribution in [3.8, 4) is 11.5 Å². The molecule has 94 valence electrons. The standard InChI is InChI=1S/C11H13F2NO3/c1-11(12,13)7-3-10-9(16-5-17-10)2-6(7)8(15)4-14/h2-3,8,15H,4-5,14H2,1H3. The number of benzene rings is 1. The lowest BCUT2D eigenvalue weighted by Gasteiger charge is -2.19. The largest absolute Gasteiger partial charge is 0.454 e. The smallest absolute Gasteiger partial charge is 0.271 e. The highest BCUT2D eigenvalue weighted by Gasteiger charge is 2.32. The Bertz CT molecular complexity index is 431. The van der Waals surface area contributed by atoms with Gasteiger partial charge < -0.3 is 20.3 Å². The van der Waals surface area contributed by atoms with Crippen molar-refractivity contribution in [1.29, 1.82) is 0 Å². The van der Waals surface area contributed by atoms with E-state index in [1.165, 1.54) is 12.1 Å². The van der Waals surface area contributed by atoms with Gasteiger partial charge in [-0.3, -0.25) is 0 Å². The van der Waals surface area contributed by atoms with Crippen LogP contribution in [0.1, 0.15) is 24.2 Å². The van der Waals surface area contributed by atoms with Gasteiger partial charge in [0.2, 0.25) is 6.79 Å². The Kier molecular flexibility index (Phi) is 2.92. The molecule has 0 fully saturated rings. The van der Waals surface area contributed by atoms with Crippen LogP contribution in [-0.2, 0) is 5.92 Å². The highest BCUT2D eigenvalue weighted by atomic mass is 19.3. The van der Waals surface area contributed by atoms with Crippen molar-refractivity contribution in [2.75, 3.05) is 13.3 Å². The van der Waals surface area contributed by atoms with Crippen LogP contribution < -0.4 is 15.2 Å². The van der Waals surface area contributed by atoms with E-state index in [-0.39, 0.29) is 30.2 Å². The van der Waals surface area contributed by atoms with Gasteiger partial charge in [0.05, 0.1) is 6.10 Å². The molecule has 4 nitrogen and oxygen atoms in total. The fraction of sp³-hybridized carbons (Fsp3) is 0.455. The number of nitrogens with two attached hydrogens (primary N) is 1. The van der Waals surface area contributed by atoms with Gasteiger partial charge in [-0.25, -0.2) is 8.78 Å². The third-order valence-corrected chi connectivity index (χ3v) is 2.60. The van der Waals surface area contributed by atoms with Crippen LogP contribution in [0.3, 0.4) is 0 Å². The van der Waals surface area contributed by atoms with Gasteiger partial charge in [-0.1, -0.05) is 0 Å². The minimum atomic E-state index is -3.08. The Hall–Kier alpha value is -1.40. The summed E-state index contributed by atoms with van der Waals surface area (Å²) in [5.41, 5.74) is 5.08. The number of hydrogen-bond donors (Lipinski definition) is 2. The lowest BCUT2D eigenvalue weighted by molar-refractivity contribution is 0.0137. The highest BCUT2D eigenvalue weighted by molar-refractivity contribution is 5.50. The van der Waals surface area contributed by atoms with E-state index in [4.69, 9.17) is 15.2 Å². The normalized spacial score (nSPS) is 16.1. The molecule has 1 unspecified atom stereocenters. The molecule has 1 aliphatic heterocycles. The minimum absolute atomic E-state index is 0.00771. The first kappa shape index (κ1) is 12.1. The van der Waals surface area contributed by atoms with Crippen LogP contribution in [0.5, 0.6) is 11.5 Å². The molecular weight excluding hydrogens is 232 g/mol. The van der Waals surface area contributed by atoms with E-state index < -0.39 is 12.0 Å².